The highest BCUT2D eigenvalue weighted by Gasteiger charge is 2.75. The number of ether oxygens (including phenoxy) is 2. The molecule has 3 amide bonds. The van der Waals surface area contributed by atoms with E-state index in [1.54, 1.807) is 28.8 Å². The van der Waals surface area contributed by atoms with Gasteiger partial charge in [-0.2, -0.15) is 0 Å². The summed E-state index contributed by atoms with van der Waals surface area (Å²) in [6.45, 7) is 9.05. The Labute approximate surface area is 291 Å². The van der Waals surface area contributed by atoms with E-state index in [1.165, 1.54) is 9.80 Å². The lowest BCUT2D eigenvalue weighted by Gasteiger charge is -2.36. The minimum atomic E-state index is -1.30. The number of hydrogen-bond donors (Lipinski definition) is 1. The molecule has 0 aliphatic carbocycles. The van der Waals surface area contributed by atoms with E-state index in [4.69, 9.17) is 9.47 Å². The van der Waals surface area contributed by atoms with E-state index in [0.717, 1.165) is 5.52 Å². The molecule has 1 aromatic heterocycles. The second-order valence-corrected chi connectivity index (χ2v) is 13.2. The van der Waals surface area contributed by atoms with Crippen molar-refractivity contribution in [1.29, 1.82) is 0 Å². The van der Waals surface area contributed by atoms with Gasteiger partial charge in [0.1, 0.15) is 29.9 Å². The minimum absolute atomic E-state index is 0.0361. The van der Waals surface area contributed by atoms with Gasteiger partial charge in [-0.3, -0.25) is 19.2 Å². The molecule has 13 nitrogen and oxygen atoms in total. The minimum Gasteiger partial charge on any atom is -0.455 e. The lowest BCUT2D eigenvalue weighted by atomic mass is 9.70. The highest BCUT2D eigenvalue weighted by Crippen LogP contribution is 2.59. The average molecular weight is 685 g/mol. The summed E-state index contributed by atoms with van der Waals surface area (Å²) in [5, 5.41) is 18.5. The first-order valence-corrected chi connectivity index (χ1v) is 17.1. The fourth-order valence-corrected chi connectivity index (χ4v) is 7.90. The molecule has 0 saturated carbocycles. The van der Waals surface area contributed by atoms with Crippen LogP contribution >= 0.6 is 0 Å². The molecule has 0 radical (unpaired) electrons. The van der Waals surface area contributed by atoms with Gasteiger partial charge in [-0.25, -0.2) is 4.68 Å². The molecular weight excluding hydrogens is 640 g/mol. The number of amides is 3. The first kappa shape index (κ1) is 35.0. The maximum Gasteiger partial charge on any atom is 0.313 e. The van der Waals surface area contributed by atoms with Crippen molar-refractivity contribution in [3.63, 3.8) is 0 Å². The number of esters is 1. The van der Waals surface area contributed by atoms with Crippen LogP contribution in [0.15, 0.2) is 79.9 Å². The standard InChI is InChI=1S/C37H44N6O7/c1-5-7-17-29(45)40(4)24(3)32(25-13-9-8-10-14-25)49-36(48)30-28-18-19-37(50-28)31(30)34(46)42(21-22-44)33(37)35(47)41(20-6-2)23-43-27-16-12-11-15-26(27)38-39-43/h5-6,8-16,24,28,30-33,44H,1-2,7,17-23H2,3-4H3/t24-,28+,30-,31-,32+,33+,37-/m1/s1. The van der Waals surface area contributed by atoms with Crippen LogP contribution in [0.1, 0.15) is 44.3 Å². The van der Waals surface area contributed by atoms with Gasteiger partial charge in [0.25, 0.3) is 0 Å². The Bertz CT molecular complexity index is 1760. The van der Waals surface area contributed by atoms with Gasteiger partial charge in [-0.15, -0.1) is 18.3 Å². The highest BCUT2D eigenvalue weighted by atomic mass is 16.6. The van der Waals surface area contributed by atoms with Gasteiger partial charge in [0.05, 0.1) is 36.1 Å². The van der Waals surface area contributed by atoms with Gasteiger partial charge in [-0.05, 0) is 43.9 Å². The Kier molecular flexibility index (Phi) is 10.2. The monoisotopic (exact) mass is 684 g/mol. The maximum atomic E-state index is 14.6. The van der Waals surface area contributed by atoms with Gasteiger partial charge in [0, 0.05) is 26.6 Å². The van der Waals surface area contributed by atoms with E-state index in [2.05, 4.69) is 23.5 Å². The Morgan fingerprint density at radius 2 is 1.88 bits per heavy atom. The van der Waals surface area contributed by atoms with Crippen LogP contribution in [0, 0.1) is 11.8 Å². The number of likely N-dealkylation sites (N-methyl/N-ethyl adjacent to an activating group) is 1. The van der Waals surface area contributed by atoms with Crippen LogP contribution in [0.4, 0.5) is 0 Å². The van der Waals surface area contributed by atoms with Crippen molar-refractivity contribution in [3.8, 4) is 0 Å². The second-order valence-electron chi connectivity index (χ2n) is 13.2. The van der Waals surface area contributed by atoms with Crippen LogP contribution in [0.5, 0.6) is 0 Å². The third-order valence-corrected chi connectivity index (χ3v) is 10.4. The van der Waals surface area contributed by atoms with Gasteiger partial charge in [0.2, 0.25) is 17.7 Å². The molecule has 50 heavy (non-hydrogen) atoms. The molecule has 4 heterocycles. The zero-order valence-electron chi connectivity index (χ0n) is 28.5. The number of carbonyl (C=O) groups excluding carboxylic acids is 4. The third-order valence-electron chi connectivity index (χ3n) is 10.4. The van der Waals surface area contributed by atoms with E-state index < -0.39 is 59.5 Å². The van der Waals surface area contributed by atoms with Gasteiger partial charge >= 0.3 is 5.97 Å². The van der Waals surface area contributed by atoms with Gasteiger partial charge in [0.15, 0.2) is 0 Å². The molecule has 3 saturated heterocycles. The Balaban J connectivity index is 1.29. The molecule has 3 aliphatic heterocycles. The molecule has 1 N–H and O–H groups in total. The maximum absolute atomic E-state index is 14.6. The lowest BCUT2D eigenvalue weighted by Crippen LogP contribution is -2.56. The zero-order chi connectivity index (χ0) is 35.6. The number of aromatic nitrogens is 3. The summed E-state index contributed by atoms with van der Waals surface area (Å²) in [7, 11) is 1.68. The average Bonchev–Trinajstić information content (AvgIpc) is 3.88. The SMILES string of the molecule is C=CCCC(=O)N(C)[C@H](C)[C@H](OC(=O)[C@@H]1[C@@H]2CC[C@]3(O2)[C@H](C(=O)N(CC=C)Cn2nnc4ccccc42)N(CCO)C(=O)[C@@H]13)c1ccccc1. The normalized spacial score (nSPS) is 24.9. The van der Waals surface area contributed by atoms with Crippen LogP contribution in [-0.4, -0.2) is 109 Å². The number of fused-ring (bicyclic) bond motifs is 2. The number of aliphatic hydroxyl groups is 1. The summed E-state index contributed by atoms with van der Waals surface area (Å²) in [6, 6.07) is 14.9. The van der Waals surface area contributed by atoms with Crippen molar-refractivity contribution in [2.45, 2.75) is 69.2 Å². The van der Waals surface area contributed by atoms with E-state index in [-0.39, 0.29) is 38.7 Å². The summed E-state index contributed by atoms with van der Waals surface area (Å²) >= 11 is 0. The Morgan fingerprint density at radius 1 is 1.14 bits per heavy atom. The van der Waals surface area contributed by atoms with Crippen LogP contribution in [0.25, 0.3) is 11.0 Å². The topological polar surface area (TPSA) is 147 Å². The van der Waals surface area contributed by atoms with Crippen LogP contribution < -0.4 is 0 Å². The number of para-hydroxylation sites is 1. The molecule has 2 aromatic carbocycles. The first-order chi connectivity index (χ1) is 24.2. The van der Waals surface area contributed by atoms with Crippen molar-refractivity contribution in [1.82, 2.24) is 29.7 Å². The number of aliphatic hydroxyl groups excluding tert-OH is 1. The van der Waals surface area contributed by atoms with E-state index in [1.807, 2.05) is 61.5 Å². The smallest absolute Gasteiger partial charge is 0.313 e. The number of β-amino-alcohol motifs (C(OH)–C–C–N with tert-alkyl or cyclic N) is 1. The summed E-state index contributed by atoms with van der Waals surface area (Å²) in [5.41, 5.74) is 0.803. The lowest BCUT2D eigenvalue weighted by molar-refractivity contribution is -0.164. The molecule has 264 valence electrons. The molecule has 3 aromatic rings. The molecule has 0 unspecified atom stereocenters. The van der Waals surface area contributed by atoms with Crippen molar-refractivity contribution in [2.24, 2.45) is 11.8 Å². The number of likely N-dealkylation sites (tertiary alicyclic amines) is 1. The predicted octanol–water partition coefficient (Wildman–Crippen LogP) is 2.87. The number of benzene rings is 2. The fraction of sp³-hybridized carbons (Fsp3) is 0.459. The molecular formula is C37H44N6O7. The largest absolute Gasteiger partial charge is 0.455 e. The van der Waals surface area contributed by atoms with Gasteiger partial charge in [-0.1, -0.05) is 59.8 Å². The number of carbonyl (C=O) groups is 4. The first-order valence-electron chi connectivity index (χ1n) is 17.1. The number of allylic oxidation sites excluding steroid dienone is 1. The molecule has 13 heteroatoms. The summed E-state index contributed by atoms with van der Waals surface area (Å²) < 4.78 is 14.5. The number of hydrogen-bond acceptors (Lipinski definition) is 9. The highest BCUT2D eigenvalue weighted by molar-refractivity contribution is 5.98. The third kappa shape index (κ3) is 6.09. The molecule has 1 spiro atoms. The number of nitrogens with zero attached hydrogens (tertiary/aromatic N) is 6. The van der Waals surface area contributed by atoms with E-state index >= 15 is 0 Å². The molecule has 7 atom stereocenters. The fourth-order valence-electron chi connectivity index (χ4n) is 7.90. The second kappa shape index (κ2) is 14.5. The van der Waals surface area contributed by atoms with E-state index in [9.17, 15) is 24.3 Å². The molecule has 6 rings (SSSR count). The Hall–Kier alpha value is -4.88. The Morgan fingerprint density at radius 3 is 2.60 bits per heavy atom. The number of rotatable bonds is 15. The van der Waals surface area contributed by atoms with Crippen LogP contribution in [-0.2, 0) is 35.3 Å². The van der Waals surface area contributed by atoms with Crippen molar-refractivity contribution in [3.05, 3.63) is 85.5 Å². The summed E-state index contributed by atoms with van der Waals surface area (Å²) in [5.74, 6) is -3.57. The van der Waals surface area contributed by atoms with Crippen LogP contribution in [0.2, 0.25) is 0 Å². The summed E-state index contributed by atoms with van der Waals surface area (Å²) in [4.78, 5) is 60.6. The van der Waals surface area contributed by atoms with E-state index in [0.29, 0.717) is 30.3 Å². The molecule has 3 fully saturated rings. The van der Waals surface area contributed by atoms with Crippen molar-refractivity contribution in [2.75, 3.05) is 26.7 Å². The van der Waals surface area contributed by atoms with Crippen LogP contribution in [0.3, 0.4) is 0 Å². The van der Waals surface area contributed by atoms with Crippen molar-refractivity contribution >= 4 is 34.7 Å². The quantitative estimate of drug-likeness (QED) is 0.189. The van der Waals surface area contributed by atoms with Crippen molar-refractivity contribution < 1.29 is 33.8 Å². The molecule has 2 bridgehead atoms. The van der Waals surface area contributed by atoms with Gasteiger partial charge < -0.3 is 29.3 Å². The summed E-state index contributed by atoms with van der Waals surface area (Å²) in [6.07, 6.45) is 3.40. The predicted molar refractivity (Wildman–Crippen MR) is 183 cm³/mol. The zero-order valence-corrected chi connectivity index (χ0v) is 28.5. The molecule has 3 aliphatic rings.